The van der Waals surface area contributed by atoms with Crippen molar-refractivity contribution < 1.29 is 4.39 Å². The average Bonchev–Trinajstić information content (AvgIpc) is 2.77. The Morgan fingerprint density at radius 1 is 1.40 bits per heavy atom. The molecular formula is C12H11FN2. The van der Waals surface area contributed by atoms with E-state index in [2.05, 4.69) is 9.55 Å². The molecule has 0 saturated heterocycles. The van der Waals surface area contributed by atoms with Gasteiger partial charge in [0.2, 0.25) is 0 Å². The lowest BCUT2D eigenvalue weighted by Gasteiger charge is -2.08. The maximum Gasteiger partial charge on any atom is 0.123 e. The smallest absolute Gasteiger partial charge is 0.123 e. The molecule has 0 N–H and O–H groups in total. The van der Waals surface area contributed by atoms with Gasteiger partial charge >= 0.3 is 0 Å². The second-order valence-electron chi connectivity index (χ2n) is 3.91. The molecule has 2 aromatic rings. The normalized spacial score (nSPS) is 19.1. The molecule has 0 saturated carbocycles. The Kier molecular flexibility index (Phi) is 1.84. The minimum absolute atomic E-state index is 0.162. The highest BCUT2D eigenvalue weighted by Gasteiger charge is 2.24. The summed E-state index contributed by atoms with van der Waals surface area (Å²) in [6, 6.07) is 6.85. The maximum absolute atomic E-state index is 13.1. The van der Waals surface area contributed by atoms with E-state index in [1.807, 2.05) is 18.6 Å². The fourth-order valence-corrected chi connectivity index (χ4v) is 2.28. The average molecular weight is 202 g/mol. The number of nitrogens with zero attached hydrogens (tertiary/aromatic N) is 2. The SMILES string of the molecule is Fc1cccc(C2CCn3cncc32)c1. The molecule has 3 rings (SSSR count). The Labute approximate surface area is 87.4 Å². The molecule has 1 atom stereocenters. The Morgan fingerprint density at radius 3 is 3.20 bits per heavy atom. The summed E-state index contributed by atoms with van der Waals surface area (Å²) in [5.41, 5.74) is 2.25. The van der Waals surface area contributed by atoms with Gasteiger partial charge < -0.3 is 4.57 Å². The van der Waals surface area contributed by atoms with Gasteiger partial charge in [-0.05, 0) is 24.1 Å². The Hall–Kier alpha value is -1.64. The van der Waals surface area contributed by atoms with Gasteiger partial charge in [0.1, 0.15) is 5.82 Å². The van der Waals surface area contributed by atoms with E-state index >= 15 is 0 Å². The van der Waals surface area contributed by atoms with Gasteiger partial charge in [-0.3, -0.25) is 0 Å². The van der Waals surface area contributed by atoms with Crippen molar-refractivity contribution in [1.29, 1.82) is 0 Å². The summed E-state index contributed by atoms with van der Waals surface area (Å²) in [5, 5.41) is 0. The molecule has 1 aliphatic rings. The second-order valence-corrected chi connectivity index (χ2v) is 3.91. The molecule has 0 aliphatic carbocycles. The predicted octanol–water partition coefficient (Wildman–Crippen LogP) is 2.56. The molecule has 1 aromatic carbocycles. The summed E-state index contributed by atoms with van der Waals surface area (Å²) in [6.45, 7) is 0.983. The third-order valence-electron chi connectivity index (χ3n) is 3.01. The largest absolute Gasteiger partial charge is 0.334 e. The number of imidazole rings is 1. The standard InChI is InChI=1S/C12H11FN2/c13-10-3-1-2-9(6-10)11-4-5-15-8-14-7-12(11)15/h1-3,6-8,11H,4-5H2. The molecule has 1 aromatic heterocycles. The molecule has 0 fully saturated rings. The van der Waals surface area contributed by atoms with Crippen LogP contribution in [0, 0.1) is 5.82 Å². The van der Waals surface area contributed by atoms with E-state index < -0.39 is 0 Å². The van der Waals surface area contributed by atoms with Gasteiger partial charge in [0.15, 0.2) is 0 Å². The highest BCUT2D eigenvalue weighted by atomic mass is 19.1. The van der Waals surface area contributed by atoms with Crippen LogP contribution in [0.2, 0.25) is 0 Å². The van der Waals surface area contributed by atoms with Gasteiger partial charge in [-0.15, -0.1) is 0 Å². The van der Waals surface area contributed by atoms with Gasteiger partial charge in [0, 0.05) is 24.4 Å². The van der Waals surface area contributed by atoms with Crippen LogP contribution in [0.15, 0.2) is 36.8 Å². The zero-order chi connectivity index (χ0) is 10.3. The molecule has 0 amide bonds. The summed E-state index contributed by atoms with van der Waals surface area (Å²) in [7, 11) is 0. The van der Waals surface area contributed by atoms with Crippen molar-refractivity contribution in [1.82, 2.24) is 9.55 Å². The second kappa shape index (κ2) is 3.19. The number of benzene rings is 1. The third-order valence-corrected chi connectivity index (χ3v) is 3.01. The minimum atomic E-state index is -0.162. The van der Waals surface area contributed by atoms with Gasteiger partial charge in [0.05, 0.1) is 6.33 Å². The van der Waals surface area contributed by atoms with Gasteiger partial charge in [0.25, 0.3) is 0 Å². The van der Waals surface area contributed by atoms with E-state index in [1.54, 1.807) is 12.1 Å². The topological polar surface area (TPSA) is 17.8 Å². The van der Waals surface area contributed by atoms with Crippen LogP contribution in [0.3, 0.4) is 0 Å². The fourth-order valence-electron chi connectivity index (χ4n) is 2.28. The van der Waals surface area contributed by atoms with Crippen molar-refractivity contribution in [2.75, 3.05) is 0 Å². The van der Waals surface area contributed by atoms with Crippen LogP contribution < -0.4 is 0 Å². The summed E-state index contributed by atoms with van der Waals surface area (Å²) in [4.78, 5) is 4.11. The van der Waals surface area contributed by atoms with Crippen LogP contribution >= 0.6 is 0 Å². The van der Waals surface area contributed by atoms with Gasteiger partial charge in [-0.1, -0.05) is 12.1 Å². The molecule has 0 bridgehead atoms. The number of fused-ring (bicyclic) bond motifs is 1. The number of hydrogen-bond donors (Lipinski definition) is 0. The molecule has 1 aliphatic heterocycles. The Bertz CT molecular complexity index is 490. The van der Waals surface area contributed by atoms with Crippen molar-refractivity contribution in [2.24, 2.45) is 0 Å². The molecular weight excluding hydrogens is 191 g/mol. The lowest BCUT2D eigenvalue weighted by molar-refractivity contribution is 0.622. The quantitative estimate of drug-likeness (QED) is 0.695. The van der Waals surface area contributed by atoms with Crippen LogP contribution in [-0.2, 0) is 6.54 Å². The highest BCUT2D eigenvalue weighted by Crippen LogP contribution is 2.33. The predicted molar refractivity (Wildman–Crippen MR) is 55.1 cm³/mol. The van der Waals surface area contributed by atoms with Crippen molar-refractivity contribution >= 4 is 0 Å². The first-order valence-corrected chi connectivity index (χ1v) is 5.10. The Morgan fingerprint density at radius 2 is 2.33 bits per heavy atom. The van der Waals surface area contributed by atoms with E-state index in [-0.39, 0.29) is 5.82 Å². The highest BCUT2D eigenvalue weighted by molar-refractivity contribution is 5.30. The molecule has 1 unspecified atom stereocenters. The lowest BCUT2D eigenvalue weighted by atomic mass is 9.95. The van der Waals surface area contributed by atoms with Crippen LogP contribution in [0.1, 0.15) is 23.6 Å². The molecule has 76 valence electrons. The van der Waals surface area contributed by atoms with E-state index in [1.165, 1.54) is 11.8 Å². The number of aryl methyl sites for hydroxylation is 1. The summed E-state index contributed by atoms with van der Waals surface area (Å²) in [6.07, 6.45) is 4.76. The van der Waals surface area contributed by atoms with Crippen molar-refractivity contribution in [2.45, 2.75) is 18.9 Å². The lowest BCUT2D eigenvalue weighted by Crippen LogP contribution is -1.96. The number of aromatic nitrogens is 2. The minimum Gasteiger partial charge on any atom is -0.334 e. The zero-order valence-electron chi connectivity index (χ0n) is 8.23. The molecule has 2 nitrogen and oxygen atoms in total. The maximum atomic E-state index is 13.1. The van der Waals surface area contributed by atoms with E-state index in [0.29, 0.717) is 5.92 Å². The first kappa shape index (κ1) is 8.65. The van der Waals surface area contributed by atoms with Gasteiger partial charge in [-0.2, -0.15) is 0 Å². The molecule has 0 spiro atoms. The Balaban J connectivity index is 2.03. The van der Waals surface area contributed by atoms with Crippen LogP contribution in [0.4, 0.5) is 4.39 Å². The van der Waals surface area contributed by atoms with E-state index in [9.17, 15) is 4.39 Å². The van der Waals surface area contributed by atoms with Crippen molar-refractivity contribution in [3.05, 3.63) is 53.9 Å². The molecule has 15 heavy (non-hydrogen) atoms. The molecule has 2 heterocycles. The van der Waals surface area contributed by atoms with Crippen molar-refractivity contribution in [3.63, 3.8) is 0 Å². The number of hydrogen-bond acceptors (Lipinski definition) is 1. The molecule has 3 heteroatoms. The van der Waals surface area contributed by atoms with Crippen LogP contribution in [0.25, 0.3) is 0 Å². The summed E-state index contributed by atoms with van der Waals surface area (Å²) >= 11 is 0. The van der Waals surface area contributed by atoms with Crippen LogP contribution in [0.5, 0.6) is 0 Å². The molecule has 0 radical (unpaired) electrons. The first-order valence-electron chi connectivity index (χ1n) is 5.10. The van der Waals surface area contributed by atoms with E-state index in [4.69, 9.17) is 0 Å². The number of halogens is 1. The van der Waals surface area contributed by atoms with Crippen LogP contribution in [-0.4, -0.2) is 9.55 Å². The number of rotatable bonds is 1. The summed E-state index contributed by atoms with van der Waals surface area (Å²) < 4.78 is 15.2. The third kappa shape index (κ3) is 1.35. The monoisotopic (exact) mass is 202 g/mol. The first-order chi connectivity index (χ1) is 7.34. The fraction of sp³-hybridized carbons (Fsp3) is 0.250. The van der Waals surface area contributed by atoms with Gasteiger partial charge in [-0.25, -0.2) is 9.37 Å². The zero-order valence-corrected chi connectivity index (χ0v) is 8.23. The summed E-state index contributed by atoms with van der Waals surface area (Å²) in [5.74, 6) is 0.147. The van der Waals surface area contributed by atoms with Crippen molar-refractivity contribution in [3.8, 4) is 0 Å². The van der Waals surface area contributed by atoms with E-state index in [0.717, 1.165) is 18.5 Å².